The van der Waals surface area contributed by atoms with Crippen molar-refractivity contribution in [2.24, 2.45) is 0 Å². The highest BCUT2D eigenvalue weighted by Crippen LogP contribution is 2.08. The molecule has 0 spiro atoms. The molecule has 1 unspecified atom stereocenters. The molecule has 0 aromatic heterocycles. The molecule has 3 N–H and O–H groups in total. The maximum absolute atomic E-state index is 11.7. The van der Waals surface area contributed by atoms with Gasteiger partial charge in [0.05, 0.1) is 27.2 Å². The Bertz CT molecular complexity index is 296. The van der Waals surface area contributed by atoms with Crippen molar-refractivity contribution < 1.29 is 19.5 Å². The molecule has 0 saturated heterocycles. The van der Waals surface area contributed by atoms with Crippen LogP contribution in [0.4, 0.5) is 0 Å². The number of hydrogen-bond acceptors (Lipinski definition) is 3. The summed E-state index contributed by atoms with van der Waals surface area (Å²) < 4.78 is 0.648. The number of aliphatic hydroxyl groups excluding tert-OH is 2. The Balaban J connectivity index is 3.52. The van der Waals surface area contributed by atoms with Crippen molar-refractivity contribution in [1.29, 1.82) is 0 Å². The minimum absolute atomic E-state index is 0.152. The predicted octanol–water partition coefficient (Wildman–Crippen LogP) is 2.06. The lowest BCUT2D eigenvalue weighted by atomic mass is 10.1. The molecular weight excluding hydrogens is 292 g/mol. The van der Waals surface area contributed by atoms with Crippen molar-refractivity contribution in [1.82, 2.24) is 5.32 Å². The van der Waals surface area contributed by atoms with E-state index in [-0.39, 0.29) is 12.5 Å². The van der Waals surface area contributed by atoms with Crippen molar-refractivity contribution in [2.45, 2.75) is 70.8 Å². The first-order valence-electron chi connectivity index (χ1n) is 9.29. The van der Waals surface area contributed by atoms with Crippen LogP contribution in [0.5, 0.6) is 0 Å². The summed E-state index contributed by atoms with van der Waals surface area (Å²) in [6, 6.07) is 0. The van der Waals surface area contributed by atoms with Crippen molar-refractivity contribution in [3.63, 3.8) is 0 Å². The first-order chi connectivity index (χ1) is 10.9. The molecule has 0 fully saturated rings. The fourth-order valence-electron chi connectivity index (χ4n) is 2.79. The smallest absolute Gasteiger partial charge is 0.219 e. The quantitative estimate of drug-likeness (QED) is 0.318. The number of carbonyl (C=O) groups excluding carboxylic acids is 1. The van der Waals surface area contributed by atoms with Crippen LogP contribution < -0.4 is 5.32 Å². The normalized spacial score (nSPS) is 13.1. The van der Waals surface area contributed by atoms with E-state index in [1.54, 1.807) is 0 Å². The first kappa shape index (κ1) is 22.4. The molecule has 0 radical (unpaired) electrons. The molecule has 0 rings (SSSR count). The minimum Gasteiger partial charge on any atom is -0.393 e. The van der Waals surface area contributed by atoms with E-state index in [2.05, 4.69) is 12.2 Å². The van der Waals surface area contributed by atoms with E-state index >= 15 is 0 Å². The summed E-state index contributed by atoms with van der Waals surface area (Å²) in [4.78, 5) is 11.7. The third kappa shape index (κ3) is 14.7. The molecule has 1 atom stereocenters. The monoisotopic (exact) mass is 331 g/mol. The molecule has 0 aliphatic heterocycles. The van der Waals surface area contributed by atoms with Gasteiger partial charge >= 0.3 is 0 Å². The molecule has 0 saturated carbocycles. The number of unbranched alkanes of at least 4 members (excludes halogenated alkanes) is 6. The van der Waals surface area contributed by atoms with Crippen molar-refractivity contribution in [3.8, 4) is 0 Å². The topological polar surface area (TPSA) is 69.6 Å². The van der Waals surface area contributed by atoms with E-state index in [1.165, 1.54) is 32.1 Å². The SMILES string of the molecule is CCCCCCCCCC(=O)NCCC[N+](C)(C)CC(O)CO. The van der Waals surface area contributed by atoms with Crippen LogP contribution in [0, 0.1) is 0 Å². The Morgan fingerprint density at radius 1 is 1.04 bits per heavy atom. The number of nitrogens with zero attached hydrogens (tertiary/aromatic N) is 1. The van der Waals surface area contributed by atoms with Crippen LogP contribution in [-0.2, 0) is 4.79 Å². The molecule has 5 nitrogen and oxygen atoms in total. The van der Waals surface area contributed by atoms with E-state index in [0.717, 1.165) is 25.8 Å². The second kappa shape index (κ2) is 13.8. The fraction of sp³-hybridized carbons (Fsp3) is 0.944. The number of quaternary nitrogens is 1. The third-order valence-electron chi connectivity index (χ3n) is 4.19. The molecule has 0 aliphatic rings. The van der Waals surface area contributed by atoms with E-state index in [9.17, 15) is 9.90 Å². The van der Waals surface area contributed by atoms with Gasteiger partial charge in [-0.1, -0.05) is 45.4 Å². The Hall–Kier alpha value is -0.650. The molecule has 5 heteroatoms. The summed E-state index contributed by atoms with van der Waals surface area (Å²) in [7, 11) is 4.05. The maximum atomic E-state index is 11.7. The van der Waals surface area contributed by atoms with Crippen LogP contribution in [0.15, 0.2) is 0 Å². The number of amides is 1. The average Bonchev–Trinajstić information content (AvgIpc) is 2.50. The summed E-state index contributed by atoms with van der Waals surface area (Å²) in [5, 5.41) is 21.4. The summed E-state index contributed by atoms with van der Waals surface area (Å²) in [5.74, 6) is 0.152. The Morgan fingerprint density at radius 2 is 1.65 bits per heavy atom. The van der Waals surface area contributed by atoms with Crippen LogP contribution in [0.25, 0.3) is 0 Å². The summed E-state index contributed by atoms with van der Waals surface area (Å²) in [6.45, 7) is 4.11. The molecule has 138 valence electrons. The van der Waals surface area contributed by atoms with Crippen LogP contribution >= 0.6 is 0 Å². The van der Waals surface area contributed by atoms with Gasteiger partial charge < -0.3 is 20.0 Å². The van der Waals surface area contributed by atoms with Gasteiger partial charge in [-0.2, -0.15) is 0 Å². The Morgan fingerprint density at radius 3 is 2.26 bits per heavy atom. The Kier molecular flexibility index (Phi) is 13.4. The van der Waals surface area contributed by atoms with Gasteiger partial charge in [0.2, 0.25) is 5.91 Å². The highest BCUT2D eigenvalue weighted by atomic mass is 16.3. The van der Waals surface area contributed by atoms with Crippen LogP contribution in [0.2, 0.25) is 0 Å². The van der Waals surface area contributed by atoms with Crippen LogP contribution in [0.1, 0.15) is 64.7 Å². The van der Waals surface area contributed by atoms with Crippen LogP contribution in [-0.4, -0.2) is 67.0 Å². The van der Waals surface area contributed by atoms with Crippen LogP contribution in [0.3, 0.4) is 0 Å². The van der Waals surface area contributed by atoms with Crippen molar-refractivity contribution in [2.75, 3.05) is 40.3 Å². The van der Waals surface area contributed by atoms with Gasteiger partial charge in [-0.15, -0.1) is 0 Å². The molecule has 0 heterocycles. The lowest BCUT2D eigenvalue weighted by Crippen LogP contribution is -2.47. The standard InChI is InChI=1S/C18H38N2O3/c1-4-5-6-7-8-9-10-12-18(23)19-13-11-14-20(2,3)15-17(22)16-21/h17,21-22H,4-16H2,1-3H3/p+1. The highest BCUT2D eigenvalue weighted by Gasteiger charge is 2.19. The highest BCUT2D eigenvalue weighted by molar-refractivity contribution is 5.75. The zero-order valence-corrected chi connectivity index (χ0v) is 15.5. The maximum Gasteiger partial charge on any atom is 0.219 e. The number of likely N-dealkylation sites (N-methyl/N-ethyl adjacent to an activating group) is 1. The molecule has 0 aliphatic carbocycles. The molecule has 1 amide bonds. The van der Waals surface area contributed by atoms with Gasteiger partial charge in [-0.05, 0) is 6.42 Å². The van der Waals surface area contributed by atoms with E-state index in [4.69, 9.17) is 5.11 Å². The Labute approximate surface area is 142 Å². The zero-order chi connectivity index (χ0) is 17.6. The molecule has 0 bridgehead atoms. The predicted molar refractivity (Wildman–Crippen MR) is 95.2 cm³/mol. The zero-order valence-electron chi connectivity index (χ0n) is 15.5. The van der Waals surface area contributed by atoms with E-state index in [1.807, 2.05) is 14.1 Å². The number of carbonyl (C=O) groups is 1. The third-order valence-corrected chi connectivity index (χ3v) is 4.19. The second-order valence-corrected chi connectivity index (χ2v) is 7.25. The van der Waals surface area contributed by atoms with Gasteiger partial charge in [0, 0.05) is 19.4 Å². The number of aliphatic hydroxyl groups is 2. The molecule has 0 aromatic carbocycles. The summed E-state index contributed by atoms with van der Waals surface area (Å²) >= 11 is 0. The van der Waals surface area contributed by atoms with E-state index < -0.39 is 6.10 Å². The molecular formula is C18H39N2O3+. The van der Waals surface area contributed by atoms with E-state index in [0.29, 0.717) is 24.0 Å². The lowest BCUT2D eigenvalue weighted by Gasteiger charge is -2.31. The van der Waals surface area contributed by atoms with Gasteiger partial charge in [-0.25, -0.2) is 0 Å². The first-order valence-corrected chi connectivity index (χ1v) is 9.29. The number of rotatable bonds is 15. The number of hydrogen-bond donors (Lipinski definition) is 3. The lowest BCUT2D eigenvalue weighted by molar-refractivity contribution is -0.893. The van der Waals surface area contributed by atoms with Crippen molar-refractivity contribution >= 4 is 5.91 Å². The number of nitrogens with one attached hydrogen (secondary N) is 1. The van der Waals surface area contributed by atoms with Gasteiger partial charge in [0.25, 0.3) is 0 Å². The molecule has 0 aromatic rings. The summed E-state index contributed by atoms with van der Waals surface area (Å²) in [5.41, 5.74) is 0. The fourth-order valence-corrected chi connectivity index (χ4v) is 2.79. The molecule has 23 heavy (non-hydrogen) atoms. The second-order valence-electron chi connectivity index (χ2n) is 7.25. The largest absolute Gasteiger partial charge is 0.393 e. The van der Waals surface area contributed by atoms with Gasteiger partial charge in [0.1, 0.15) is 12.6 Å². The average molecular weight is 332 g/mol. The summed E-state index contributed by atoms with van der Waals surface area (Å²) in [6.07, 6.45) is 9.44. The van der Waals surface area contributed by atoms with Gasteiger partial charge in [0.15, 0.2) is 0 Å². The van der Waals surface area contributed by atoms with Crippen molar-refractivity contribution in [3.05, 3.63) is 0 Å². The van der Waals surface area contributed by atoms with Gasteiger partial charge in [-0.3, -0.25) is 4.79 Å². The minimum atomic E-state index is -0.670.